The van der Waals surface area contributed by atoms with Crippen LogP contribution in [0.15, 0.2) is 23.2 Å². The van der Waals surface area contributed by atoms with Gasteiger partial charge in [0.05, 0.1) is 12.1 Å². The summed E-state index contributed by atoms with van der Waals surface area (Å²) < 4.78 is 0. The summed E-state index contributed by atoms with van der Waals surface area (Å²) in [6.07, 6.45) is 3.17. The molecule has 0 saturated heterocycles. The fraction of sp³-hybridized carbons (Fsp3) is 0.364. The molecule has 0 radical (unpaired) electrons. The van der Waals surface area contributed by atoms with E-state index < -0.39 is 5.54 Å². The summed E-state index contributed by atoms with van der Waals surface area (Å²) in [6, 6.07) is 4.98. The number of aliphatic hydroxyl groups excluding tert-OH is 1. The van der Waals surface area contributed by atoms with Crippen LogP contribution in [-0.4, -0.2) is 16.3 Å². The molecule has 0 amide bonds. The molecule has 0 atom stereocenters. The van der Waals surface area contributed by atoms with Crippen LogP contribution in [-0.2, 0) is 16.9 Å². The highest BCUT2D eigenvalue weighted by Gasteiger charge is 2.45. The van der Waals surface area contributed by atoms with E-state index in [0.717, 1.165) is 18.4 Å². The van der Waals surface area contributed by atoms with Crippen molar-refractivity contribution in [1.82, 2.24) is 0 Å². The van der Waals surface area contributed by atoms with Gasteiger partial charge in [-0.25, -0.2) is 4.79 Å². The van der Waals surface area contributed by atoms with Gasteiger partial charge in [-0.15, -0.1) is 0 Å². The normalized spacial score (nSPS) is 16.9. The summed E-state index contributed by atoms with van der Waals surface area (Å²) in [6.45, 7) is -0.198. The lowest BCUT2D eigenvalue weighted by molar-refractivity contribution is 0.275. The maximum Gasteiger partial charge on any atom is 0.235 e. The molecule has 1 aliphatic rings. The SMILES string of the molecule is O=C=NC1(c2ccc(CO)c(O)c2)CC1. The van der Waals surface area contributed by atoms with E-state index in [2.05, 4.69) is 4.99 Å². The molecule has 78 valence electrons. The van der Waals surface area contributed by atoms with Crippen LogP contribution in [0.3, 0.4) is 0 Å². The van der Waals surface area contributed by atoms with Crippen LogP contribution in [0, 0.1) is 0 Å². The molecule has 1 fully saturated rings. The van der Waals surface area contributed by atoms with Crippen molar-refractivity contribution in [3.63, 3.8) is 0 Å². The molecule has 0 unspecified atom stereocenters. The van der Waals surface area contributed by atoms with Crippen molar-refractivity contribution in [1.29, 1.82) is 0 Å². The first-order valence-corrected chi connectivity index (χ1v) is 4.74. The first-order valence-electron chi connectivity index (χ1n) is 4.74. The lowest BCUT2D eigenvalue weighted by atomic mass is 10.0. The molecule has 2 N–H and O–H groups in total. The Morgan fingerprint density at radius 3 is 2.67 bits per heavy atom. The van der Waals surface area contributed by atoms with E-state index in [-0.39, 0.29) is 12.4 Å². The highest BCUT2D eigenvalue weighted by Crippen LogP contribution is 2.49. The van der Waals surface area contributed by atoms with Crippen LogP contribution in [0.5, 0.6) is 5.75 Å². The zero-order chi connectivity index (χ0) is 10.9. The summed E-state index contributed by atoms with van der Waals surface area (Å²) in [5.41, 5.74) is 0.818. The highest BCUT2D eigenvalue weighted by molar-refractivity contribution is 5.45. The summed E-state index contributed by atoms with van der Waals surface area (Å²) in [7, 11) is 0. The average Bonchev–Trinajstić information content (AvgIpc) is 2.99. The number of isocyanates is 1. The van der Waals surface area contributed by atoms with E-state index in [0.29, 0.717) is 5.56 Å². The fourth-order valence-electron chi connectivity index (χ4n) is 1.66. The van der Waals surface area contributed by atoms with Crippen molar-refractivity contribution in [2.24, 2.45) is 4.99 Å². The Balaban J connectivity index is 2.38. The quantitative estimate of drug-likeness (QED) is 0.575. The number of hydrogen-bond donors (Lipinski definition) is 2. The Labute approximate surface area is 86.9 Å². The molecule has 0 spiro atoms. The first kappa shape index (κ1) is 9.90. The van der Waals surface area contributed by atoms with Gasteiger partial charge in [-0.2, -0.15) is 4.99 Å². The molecule has 4 nitrogen and oxygen atoms in total. The Morgan fingerprint density at radius 1 is 1.47 bits per heavy atom. The predicted octanol–water partition coefficient (Wildman–Crippen LogP) is 1.21. The molecular formula is C11H11NO3. The van der Waals surface area contributed by atoms with Crippen LogP contribution < -0.4 is 0 Å². The Kier molecular flexibility index (Phi) is 2.31. The Bertz CT molecular complexity index is 431. The summed E-state index contributed by atoms with van der Waals surface area (Å²) >= 11 is 0. The number of aromatic hydroxyl groups is 1. The third kappa shape index (κ3) is 1.65. The molecule has 0 bridgehead atoms. The van der Waals surface area contributed by atoms with Crippen LogP contribution in [0.1, 0.15) is 24.0 Å². The van der Waals surface area contributed by atoms with Gasteiger partial charge in [0.15, 0.2) is 0 Å². The number of rotatable bonds is 3. The lowest BCUT2D eigenvalue weighted by Crippen LogP contribution is -2.02. The number of hydrogen-bond acceptors (Lipinski definition) is 4. The second kappa shape index (κ2) is 3.50. The van der Waals surface area contributed by atoms with Crippen LogP contribution >= 0.6 is 0 Å². The maximum absolute atomic E-state index is 10.2. The second-order valence-corrected chi connectivity index (χ2v) is 3.74. The van der Waals surface area contributed by atoms with Crippen molar-refractivity contribution in [2.75, 3.05) is 0 Å². The van der Waals surface area contributed by atoms with Gasteiger partial charge < -0.3 is 10.2 Å². The molecule has 1 saturated carbocycles. The summed E-state index contributed by atoms with van der Waals surface area (Å²) in [5.74, 6) is 0.0439. The molecule has 1 aliphatic carbocycles. The smallest absolute Gasteiger partial charge is 0.235 e. The molecule has 2 rings (SSSR count). The summed E-state index contributed by atoms with van der Waals surface area (Å²) in [4.78, 5) is 14.0. The minimum Gasteiger partial charge on any atom is -0.508 e. The van der Waals surface area contributed by atoms with Crippen molar-refractivity contribution >= 4 is 6.08 Å². The van der Waals surface area contributed by atoms with Gasteiger partial charge in [-0.3, -0.25) is 0 Å². The zero-order valence-corrected chi connectivity index (χ0v) is 8.10. The van der Waals surface area contributed by atoms with Gasteiger partial charge in [0, 0.05) is 5.56 Å². The second-order valence-electron chi connectivity index (χ2n) is 3.74. The predicted molar refractivity (Wildman–Crippen MR) is 53.1 cm³/mol. The maximum atomic E-state index is 10.2. The Morgan fingerprint density at radius 2 is 2.20 bits per heavy atom. The molecular weight excluding hydrogens is 194 g/mol. The van der Waals surface area contributed by atoms with E-state index in [9.17, 15) is 9.90 Å². The standard InChI is InChI=1S/C11H11NO3/c13-6-8-1-2-9(5-10(8)15)11(3-4-11)12-7-14/h1-2,5,13,15H,3-4,6H2. The minimum absolute atomic E-state index is 0.0439. The highest BCUT2D eigenvalue weighted by atomic mass is 16.3. The van der Waals surface area contributed by atoms with Crippen molar-refractivity contribution in [3.8, 4) is 5.75 Å². The van der Waals surface area contributed by atoms with E-state index in [1.54, 1.807) is 24.3 Å². The fourth-order valence-corrected chi connectivity index (χ4v) is 1.66. The largest absolute Gasteiger partial charge is 0.508 e. The molecule has 4 heteroatoms. The average molecular weight is 205 g/mol. The van der Waals surface area contributed by atoms with Crippen LogP contribution in [0.25, 0.3) is 0 Å². The van der Waals surface area contributed by atoms with Gasteiger partial charge in [-0.05, 0) is 24.5 Å². The number of phenols is 1. The first-order chi connectivity index (χ1) is 7.22. The molecule has 1 aromatic carbocycles. The number of benzene rings is 1. The van der Waals surface area contributed by atoms with Gasteiger partial charge in [0.1, 0.15) is 5.75 Å². The van der Waals surface area contributed by atoms with Gasteiger partial charge in [0.2, 0.25) is 6.08 Å². The summed E-state index contributed by atoms with van der Waals surface area (Å²) in [5, 5.41) is 18.4. The Hall–Kier alpha value is -1.64. The van der Waals surface area contributed by atoms with Crippen molar-refractivity contribution in [2.45, 2.75) is 25.0 Å². The van der Waals surface area contributed by atoms with Crippen molar-refractivity contribution < 1.29 is 15.0 Å². The van der Waals surface area contributed by atoms with E-state index in [4.69, 9.17) is 5.11 Å². The van der Waals surface area contributed by atoms with E-state index >= 15 is 0 Å². The van der Waals surface area contributed by atoms with Crippen molar-refractivity contribution in [3.05, 3.63) is 29.3 Å². The third-order valence-electron chi connectivity index (χ3n) is 2.78. The topological polar surface area (TPSA) is 69.9 Å². The lowest BCUT2D eigenvalue weighted by Gasteiger charge is -2.10. The molecule has 0 aliphatic heterocycles. The van der Waals surface area contributed by atoms with Gasteiger partial charge in [0.25, 0.3) is 0 Å². The van der Waals surface area contributed by atoms with Crippen LogP contribution in [0.2, 0.25) is 0 Å². The van der Waals surface area contributed by atoms with Gasteiger partial charge >= 0.3 is 0 Å². The number of carbonyl (C=O) groups excluding carboxylic acids is 1. The molecule has 0 aromatic heterocycles. The number of aliphatic hydroxyl groups is 1. The molecule has 15 heavy (non-hydrogen) atoms. The van der Waals surface area contributed by atoms with E-state index in [1.807, 2.05) is 0 Å². The monoisotopic (exact) mass is 205 g/mol. The number of nitrogens with zero attached hydrogens (tertiary/aromatic N) is 1. The molecule has 0 heterocycles. The van der Waals surface area contributed by atoms with Crippen LogP contribution in [0.4, 0.5) is 0 Å². The van der Waals surface area contributed by atoms with Gasteiger partial charge in [-0.1, -0.05) is 12.1 Å². The van der Waals surface area contributed by atoms with E-state index in [1.165, 1.54) is 0 Å². The number of aliphatic imine (C=N–C) groups is 1. The zero-order valence-electron chi connectivity index (χ0n) is 8.10. The molecule has 1 aromatic rings. The third-order valence-corrected chi connectivity index (χ3v) is 2.78. The minimum atomic E-state index is -0.465.